The molecule has 0 amide bonds. The molecular formula is C20H20N2O5. The van der Waals surface area contributed by atoms with Crippen molar-refractivity contribution in [3.05, 3.63) is 42.2 Å². The summed E-state index contributed by atoms with van der Waals surface area (Å²) in [6, 6.07) is 9.08. The number of phenols is 1. The van der Waals surface area contributed by atoms with E-state index < -0.39 is 0 Å². The fourth-order valence-electron chi connectivity index (χ4n) is 3.18. The standard InChI is InChI=1S/C20H20N2O5/c1-3-4-13-7-14(16(23)9-18(13)24-2)20-15(10-26-22-20)12-5-6-17-19(8-12)25-11-21-27-17/h5-10,21,23H,3-4,11H2,1-2H3. The number of fused-ring (bicyclic) bond motifs is 1. The molecule has 0 saturated carbocycles. The molecule has 0 atom stereocenters. The molecule has 7 nitrogen and oxygen atoms in total. The van der Waals surface area contributed by atoms with Gasteiger partial charge < -0.3 is 23.9 Å². The van der Waals surface area contributed by atoms with Crippen LogP contribution in [-0.2, 0) is 6.42 Å². The van der Waals surface area contributed by atoms with Gasteiger partial charge in [-0.15, -0.1) is 5.48 Å². The number of aromatic hydroxyl groups is 1. The number of methoxy groups -OCH3 is 1. The van der Waals surface area contributed by atoms with Gasteiger partial charge in [0.1, 0.15) is 23.5 Å². The van der Waals surface area contributed by atoms with Crippen LogP contribution in [0.25, 0.3) is 22.4 Å². The van der Waals surface area contributed by atoms with Crippen molar-refractivity contribution in [2.75, 3.05) is 13.8 Å². The van der Waals surface area contributed by atoms with Crippen molar-refractivity contribution in [3.8, 4) is 45.4 Å². The molecule has 1 aromatic heterocycles. The number of rotatable bonds is 5. The Morgan fingerprint density at radius 1 is 1.19 bits per heavy atom. The lowest BCUT2D eigenvalue weighted by Gasteiger charge is -2.19. The Hall–Kier alpha value is -3.19. The van der Waals surface area contributed by atoms with Gasteiger partial charge in [0.25, 0.3) is 0 Å². The Labute approximate surface area is 156 Å². The molecule has 0 radical (unpaired) electrons. The van der Waals surface area contributed by atoms with Gasteiger partial charge >= 0.3 is 0 Å². The maximum absolute atomic E-state index is 10.5. The highest BCUT2D eigenvalue weighted by atomic mass is 16.7. The van der Waals surface area contributed by atoms with Crippen LogP contribution in [0.4, 0.5) is 0 Å². The van der Waals surface area contributed by atoms with Gasteiger partial charge in [0, 0.05) is 17.2 Å². The second kappa shape index (κ2) is 7.20. The summed E-state index contributed by atoms with van der Waals surface area (Å²) >= 11 is 0. The van der Waals surface area contributed by atoms with Crippen LogP contribution in [0.2, 0.25) is 0 Å². The van der Waals surface area contributed by atoms with Gasteiger partial charge in [-0.1, -0.05) is 24.6 Å². The molecule has 4 rings (SSSR count). The molecule has 1 aliphatic heterocycles. The van der Waals surface area contributed by atoms with E-state index in [0.29, 0.717) is 28.5 Å². The van der Waals surface area contributed by atoms with Gasteiger partial charge in [-0.05, 0) is 35.7 Å². The zero-order chi connectivity index (χ0) is 18.8. The third-order valence-electron chi connectivity index (χ3n) is 4.47. The van der Waals surface area contributed by atoms with Gasteiger partial charge in [-0.3, -0.25) is 0 Å². The quantitative estimate of drug-likeness (QED) is 0.706. The molecule has 27 heavy (non-hydrogen) atoms. The molecule has 0 unspecified atom stereocenters. The lowest BCUT2D eigenvalue weighted by molar-refractivity contribution is 0.0767. The fraction of sp³-hybridized carbons (Fsp3) is 0.250. The molecule has 3 aromatic rings. The molecule has 7 heteroatoms. The van der Waals surface area contributed by atoms with Crippen LogP contribution >= 0.6 is 0 Å². The van der Waals surface area contributed by atoms with Gasteiger partial charge in [-0.2, -0.15) is 0 Å². The minimum atomic E-state index is 0.0867. The Bertz CT molecular complexity index is 967. The molecule has 0 aliphatic carbocycles. The summed E-state index contributed by atoms with van der Waals surface area (Å²) in [4.78, 5) is 5.33. The second-order valence-electron chi connectivity index (χ2n) is 6.20. The molecule has 140 valence electrons. The zero-order valence-electron chi connectivity index (χ0n) is 15.1. The third-order valence-corrected chi connectivity index (χ3v) is 4.47. The highest BCUT2D eigenvalue weighted by Gasteiger charge is 2.20. The molecule has 0 spiro atoms. The van der Waals surface area contributed by atoms with E-state index in [4.69, 9.17) is 18.8 Å². The van der Waals surface area contributed by atoms with E-state index in [9.17, 15) is 5.11 Å². The lowest BCUT2D eigenvalue weighted by Crippen LogP contribution is -2.28. The minimum absolute atomic E-state index is 0.0867. The van der Waals surface area contributed by atoms with Crippen molar-refractivity contribution in [3.63, 3.8) is 0 Å². The molecule has 2 N–H and O–H groups in total. The topological polar surface area (TPSA) is 86.0 Å². The van der Waals surface area contributed by atoms with E-state index in [1.807, 2.05) is 24.3 Å². The van der Waals surface area contributed by atoms with Crippen LogP contribution in [-0.4, -0.2) is 24.1 Å². The van der Waals surface area contributed by atoms with Crippen molar-refractivity contribution in [1.29, 1.82) is 0 Å². The summed E-state index contributed by atoms with van der Waals surface area (Å²) in [5, 5.41) is 14.7. The average molecular weight is 368 g/mol. The number of aromatic nitrogens is 1. The number of ether oxygens (including phenoxy) is 2. The molecule has 0 saturated heterocycles. The molecule has 2 heterocycles. The lowest BCUT2D eigenvalue weighted by atomic mass is 9.97. The zero-order valence-corrected chi connectivity index (χ0v) is 15.1. The smallest absolute Gasteiger partial charge is 0.189 e. The van der Waals surface area contributed by atoms with E-state index in [-0.39, 0.29) is 12.5 Å². The van der Waals surface area contributed by atoms with Crippen molar-refractivity contribution in [2.45, 2.75) is 19.8 Å². The van der Waals surface area contributed by atoms with Gasteiger partial charge in [-0.25, -0.2) is 0 Å². The summed E-state index contributed by atoms with van der Waals surface area (Å²) in [7, 11) is 1.60. The molecule has 0 bridgehead atoms. The van der Waals surface area contributed by atoms with Gasteiger partial charge in [0.05, 0.1) is 7.11 Å². The highest BCUT2D eigenvalue weighted by Crippen LogP contribution is 2.41. The average Bonchev–Trinajstić information content (AvgIpc) is 3.18. The Morgan fingerprint density at radius 3 is 2.89 bits per heavy atom. The highest BCUT2D eigenvalue weighted by molar-refractivity contribution is 5.84. The molecule has 1 aliphatic rings. The van der Waals surface area contributed by atoms with Crippen LogP contribution in [0, 0.1) is 0 Å². The van der Waals surface area contributed by atoms with Gasteiger partial charge in [0.2, 0.25) is 0 Å². The summed E-state index contributed by atoms with van der Waals surface area (Å²) in [5.74, 6) is 1.99. The second-order valence-corrected chi connectivity index (χ2v) is 6.20. The van der Waals surface area contributed by atoms with E-state index in [2.05, 4.69) is 17.6 Å². The number of nitrogens with zero attached hydrogens (tertiary/aromatic N) is 1. The first-order chi connectivity index (χ1) is 13.2. The number of hydrogen-bond acceptors (Lipinski definition) is 7. The summed E-state index contributed by atoms with van der Waals surface area (Å²) in [5.41, 5.74) is 6.44. The first kappa shape index (κ1) is 17.2. The number of nitrogens with one attached hydrogen (secondary N) is 1. The third kappa shape index (κ3) is 3.17. The van der Waals surface area contributed by atoms with Crippen LogP contribution in [0.15, 0.2) is 41.1 Å². The number of phenolic OH excluding ortho intramolecular Hbond substituents is 1. The first-order valence-electron chi connectivity index (χ1n) is 8.72. The summed E-state index contributed by atoms with van der Waals surface area (Å²) in [6.07, 6.45) is 3.35. The van der Waals surface area contributed by atoms with Crippen LogP contribution in [0.5, 0.6) is 23.0 Å². The SMILES string of the molecule is CCCc1cc(-c2nocc2-c2ccc3c(c2)OCNO3)c(O)cc1OC. The maximum Gasteiger partial charge on any atom is 0.189 e. The largest absolute Gasteiger partial charge is 0.507 e. The number of benzene rings is 2. The van der Waals surface area contributed by atoms with E-state index in [1.54, 1.807) is 19.4 Å². The van der Waals surface area contributed by atoms with E-state index in [0.717, 1.165) is 29.5 Å². The van der Waals surface area contributed by atoms with Crippen LogP contribution in [0.3, 0.4) is 0 Å². The fourth-order valence-corrected chi connectivity index (χ4v) is 3.18. The van der Waals surface area contributed by atoms with Crippen LogP contribution in [0.1, 0.15) is 18.9 Å². The summed E-state index contributed by atoms with van der Waals surface area (Å²) in [6.45, 7) is 2.37. The van der Waals surface area contributed by atoms with Crippen LogP contribution < -0.4 is 19.8 Å². The normalized spacial score (nSPS) is 12.8. The van der Waals surface area contributed by atoms with Crippen molar-refractivity contribution in [2.24, 2.45) is 0 Å². The molecule has 0 fully saturated rings. The van der Waals surface area contributed by atoms with Crippen molar-refractivity contribution < 1.29 is 23.9 Å². The first-order valence-corrected chi connectivity index (χ1v) is 8.72. The van der Waals surface area contributed by atoms with Crippen molar-refractivity contribution in [1.82, 2.24) is 10.6 Å². The van der Waals surface area contributed by atoms with Crippen molar-refractivity contribution >= 4 is 0 Å². The minimum Gasteiger partial charge on any atom is -0.507 e. The molecular weight excluding hydrogens is 348 g/mol. The summed E-state index contributed by atoms with van der Waals surface area (Å²) < 4.78 is 16.2. The van der Waals surface area contributed by atoms with E-state index in [1.165, 1.54) is 0 Å². The number of hydrogen-bond donors (Lipinski definition) is 2. The van der Waals surface area contributed by atoms with E-state index >= 15 is 0 Å². The number of aryl methyl sites for hydroxylation is 1. The number of hydroxylamine groups is 1. The predicted octanol–water partition coefficient (Wildman–Crippen LogP) is 3.91. The predicted molar refractivity (Wildman–Crippen MR) is 98.8 cm³/mol. The Balaban J connectivity index is 1.79. The van der Waals surface area contributed by atoms with Gasteiger partial charge in [0.15, 0.2) is 18.2 Å². The Morgan fingerprint density at radius 2 is 2.07 bits per heavy atom. The Kier molecular flexibility index (Phi) is 4.60. The maximum atomic E-state index is 10.5. The molecule has 2 aromatic carbocycles. The monoisotopic (exact) mass is 368 g/mol.